The molecule has 1 aliphatic carbocycles. The minimum absolute atomic E-state index is 0.0511. The van der Waals surface area contributed by atoms with Crippen LogP contribution in [0.3, 0.4) is 0 Å². The van der Waals surface area contributed by atoms with Gasteiger partial charge in [-0.1, -0.05) is 85.3 Å². The number of ketones is 1. The first-order valence-corrected chi connectivity index (χ1v) is 11.6. The van der Waals surface area contributed by atoms with Gasteiger partial charge < -0.3 is 9.47 Å². The summed E-state index contributed by atoms with van der Waals surface area (Å²) in [6.07, 6.45) is 1.93. The zero-order chi connectivity index (χ0) is 22.3. The molecule has 1 fully saturated rings. The van der Waals surface area contributed by atoms with Crippen LogP contribution in [-0.4, -0.2) is 19.2 Å². The van der Waals surface area contributed by atoms with Crippen molar-refractivity contribution in [2.45, 2.75) is 26.4 Å². The van der Waals surface area contributed by atoms with Crippen molar-refractivity contribution in [1.29, 1.82) is 0 Å². The molecule has 0 heterocycles. The average molecular weight is 449 g/mol. The summed E-state index contributed by atoms with van der Waals surface area (Å²) in [6, 6.07) is 25.7. The number of carbonyl (C=O) groups excluding carboxylic acids is 1. The highest BCUT2D eigenvalue weighted by Gasteiger charge is 2.37. The van der Waals surface area contributed by atoms with E-state index in [9.17, 15) is 4.79 Å². The van der Waals surface area contributed by atoms with Gasteiger partial charge in [-0.2, -0.15) is 0 Å². The second-order valence-electron chi connectivity index (χ2n) is 8.57. The lowest BCUT2D eigenvalue weighted by Gasteiger charge is -2.20. The summed E-state index contributed by atoms with van der Waals surface area (Å²) >= 11 is 5.98. The molecule has 0 aliphatic heterocycles. The monoisotopic (exact) mass is 448 g/mol. The molecule has 32 heavy (non-hydrogen) atoms. The predicted molar refractivity (Wildman–Crippen MR) is 129 cm³/mol. The molecule has 166 valence electrons. The fourth-order valence-electron chi connectivity index (χ4n) is 4.53. The van der Waals surface area contributed by atoms with Gasteiger partial charge in [0.2, 0.25) is 0 Å². The van der Waals surface area contributed by atoms with E-state index in [2.05, 4.69) is 6.92 Å². The SMILES string of the molecule is CC1C(COCOCc2ccccc2)CCC1C(=O)c1ccc(-c2ccc(Cl)cc2)cc1. The van der Waals surface area contributed by atoms with E-state index in [-0.39, 0.29) is 18.5 Å². The molecule has 0 amide bonds. The summed E-state index contributed by atoms with van der Waals surface area (Å²) in [6.45, 7) is 3.64. The molecule has 0 N–H and O–H groups in total. The van der Waals surface area contributed by atoms with Gasteiger partial charge in [-0.15, -0.1) is 0 Å². The second-order valence-corrected chi connectivity index (χ2v) is 9.01. The maximum absolute atomic E-state index is 13.1. The number of halogens is 1. The minimum atomic E-state index is 0.0511. The number of carbonyl (C=O) groups is 1. The van der Waals surface area contributed by atoms with E-state index in [4.69, 9.17) is 21.1 Å². The third-order valence-corrected chi connectivity index (χ3v) is 6.77. The quantitative estimate of drug-likeness (QED) is 0.200. The Labute approximate surface area is 195 Å². The van der Waals surface area contributed by atoms with Gasteiger partial charge in [0.15, 0.2) is 5.78 Å². The largest absolute Gasteiger partial charge is 0.355 e. The lowest BCUT2D eigenvalue weighted by atomic mass is 9.86. The van der Waals surface area contributed by atoms with Crippen molar-refractivity contribution in [2.75, 3.05) is 13.4 Å². The number of Topliss-reactive ketones (excluding diaryl/α,β-unsaturated/α-hetero) is 1. The number of benzene rings is 3. The minimum Gasteiger partial charge on any atom is -0.355 e. The normalized spacial score (nSPS) is 20.4. The van der Waals surface area contributed by atoms with Crippen LogP contribution in [0.15, 0.2) is 78.9 Å². The first-order valence-electron chi connectivity index (χ1n) is 11.2. The molecule has 4 rings (SSSR count). The molecule has 0 saturated heterocycles. The Morgan fingerprint density at radius 1 is 0.875 bits per heavy atom. The van der Waals surface area contributed by atoms with Crippen LogP contribution in [0.2, 0.25) is 5.02 Å². The molecular weight excluding hydrogens is 420 g/mol. The van der Waals surface area contributed by atoms with Gasteiger partial charge in [-0.3, -0.25) is 4.79 Å². The van der Waals surface area contributed by atoms with Gasteiger partial charge >= 0.3 is 0 Å². The molecule has 0 spiro atoms. The fourth-order valence-corrected chi connectivity index (χ4v) is 4.65. The number of rotatable bonds is 9. The van der Waals surface area contributed by atoms with E-state index < -0.39 is 0 Å². The van der Waals surface area contributed by atoms with Crippen LogP contribution in [0.5, 0.6) is 0 Å². The molecule has 3 aromatic rings. The average Bonchev–Trinajstić information content (AvgIpc) is 3.20. The van der Waals surface area contributed by atoms with Crippen LogP contribution in [-0.2, 0) is 16.1 Å². The Balaban J connectivity index is 1.26. The van der Waals surface area contributed by atoms with Crippen molar-refractivity contribution in [3.8, 4) is 11.1 Å². The maximum atomic E-state index is 13.1. The van der Waals surface area contributed by atoms with Crippen LogP contribution in [0.1, 0.15) is 35.7 Å². The Morgan fingerprint density at radius 2 is 1.53 bits per heavy atom. The molecule has 3 atom stereocenters. The van der Waals surface area contributed by atoms with E-state index in [0.717, 1.165) is 40.1 Å². The number of hydrogen-bond donors (Lipinski definition) is 0. The highest BCUT2D eigenvalue weighted by molar-refractivity contribution is 6.30. The summed E-state index contributed by atoms with van der Waals surface area (Å²) in [7, 11) is 0. The number of hydrogen-bond acceptors (Lipinski definition) is 3. The lowest BCUT2D eigenvalue weighted by molar-refractivity contribution is -0.0745. The highest BCUT2D eigenvalue weighted by atomic mass is 35.5. The first kappa shape index (κ1) is 22.7. The molecule has 1 saturated carbocycles. The molecule has 3 nitrogen and oxygen atoms in total. The first-order chi connectivity index (χ1) is 15.6. The summed E-state index contributed by atoms with van der Waals surface area (Å²) in [5.41, 5.74) is 4.10. The van der Waals surface area contributed by atoms with Crippen LogP contribution in [0, 0.1) is 17.8 Å². The van der Waals surface area contributed by atoms with E-state index in [1.165, 1.54) is 0 Å². The second kappa shape index (κ2) is 10.9. The topological polar surface area (TPSA) is 35.5 Å². The molecule has 4 heteroatoms. The Morgan fingerprint density at radius 3 is 2.22 bits per heavy atom. The summed E-state index contributed by atoms with van der Waals surface area (Å²) in [5, 5.41) is 0.719. The highest BCUT2D eigenvalue weighted by Crippen LogP contribution is 2.39. The lowest BCUT2D eigenvalue weighted by Crippen LogP contribution is -2.22. The smallest absolute Gasteiger partial charge is 0.166 e. The van der Waals surface area contributed by atoms with Crippen LogP contribution < -0.4 is 0 Å². The summed E-state index contributed by atoms with van der Waals surface area (Å²) < 4.78 is 11.4. The van der Waals surface area contributed by atoms with Crippen LogP contribution in [0.4, 0.5) is 0 Å². The maximum Gasteiger partial charge on any atom is 0.166 e. The zero-order valence-corrected chi connectivity index (χ0v) is 19.1. The third kappa shape index (κ3) is 5.66. The van der Waals surface area contributed by atoms with Crippen LogP contribution >= 0.6 is 11.6 Å². The van der Waals surface area contributed by atoms with E-state index in [1.54, 1.807) is 0 Å². The third-order valence-electron chi connectivity index (χ3n) is 6.52. The van der Waals surface area contributed by atoms with Gasteiger partial charge in [-0.05, 0) is 53.5 Å². The molecule has 0 radical (unpaired) electrons. The fraction of sp³-hybridized carbons (Fsp3) is 0.321. The van der Waals surface area contributed by atoms with E-state index in [0.29, 0.717) is 25.0 Å². The molecule has 3 unspecified atom stereocenters. The Bertz CT molecular complexity index is 999. The molecule has 0 aromatic heterocycles. The zero-order valence-electron chi connectivity index (χ0n) is 18.4. The van der Waals surface area contributed by atoms with Gasteiger partial charge in [0.1, 0.15) is 6.79 Å². The molecular formula is C28H29ClO3. The summed E-state index contributed by atoms with van der Waals surface area (Å²) in [4.78, 5) is 13.1. The Hall–Kier alpha value is -2.46. The van der Waals surface area contributed by atoms with Gasteiger partial charge in [0, 0.05) is 16.5 Å². The van der Waals surface area contributed by atoms with Crippen molar-refractivity contribution < 1.29 is 14.3 Å². The standard InChI is InChI=1S/C28H29ClO3/c1-20-25(18-32-19-31-17-21-5-3-2-4-6-21)13-16-27(20)28(30)24-9-7-22(8-10-24)23-11-14-26(29)15-12-23/h2-12,14-15,20,25,27H,13,16-19H2,1H3. The van der Waals surface area contributed by atoms with E-state index >= 15 is 0 Å². The van der Waals surface area contributed by atoms with Gasteiger partial charge in [-0.25, -0.2) is 0 Å². The van der Waals surface area contributed by atoms with Gasteiger partial charge in [0.05, 0.1) is 13.2 Å². The molecule has 0 bridgehead atoms. The van der Waals surface area contributed by atoms with Crippen molar-refractivity contribution in [3.63, 3.8) is 0 Å². The van der Waals surface area contributed by atoms with E-state index in [1.807, 2.05) is 78.9 Å². The number of ether oxygens (including phenoxy) is 2. The van der Waals surface area contributed by atoms with Crippen molar-refractivity contribution in [2.24, 2.45) is 17.8 Å². The van der Waals surface area contributed by atoms with Crippen LogP contribution in [0.25, 0.3) is 11.1 Å². The van der Waals surface area contributed by atoms with Gasteiger partial charge in [0.25, 0.3) is 0 Å². The van der Waals surface area contributed by atoms with Crippen molar-refractivity contribution >= 4 is 17.4 Å². The summed E-state index contributed by atoms with van der Waals surface area (Å²) in [5.74, 6) is 0.975. The predicted octanol–water partition coefficient (Wildman–Crippen LogP) is 7.04. The Kier molecular flexibility index (Phi) is 7.75. The van der Waals surface area contributed by atoms with Crippen molar-refractivity contribution in [1.82, 2.24) is 0 Å². The molecule has 1 aliphatic rings. The molecule has 3 aromatic carbocycles. The van der Waals surface area contributed by atoms with Crippen molar-refractivity contribution in [3.05, 3.63) is 95.0 Å².